The highest BCUT2D eigenvalue weighted by Crippen LogP contribution is 2.40. The van der Waals surface area contributed by atoms with Crippen molar-refractivity contribution in [3.8, 4) is 17.3 Å². The van der Waals surface area contributed by atoms with E-state index in [2.05, 4.69) is 40.9 Å². The van der Waals surface area contributed by atoms with Gasteiger partial charge in [0.2, 0.25) is 0 Å². The Hall–Kier alpha value is -3.24. The Balaban J connectivity index is 1.23. The SMILES string of the molecule is COc1cc(C(=O)N2C3CCC2C(N)C3)cc2nc(-c3cc4ccc(N5SCCCC5C)nc4n3CC3CC3)c(C)n12. The van der Waals surface area contributed by atoms with E-state index in [1.54, 1.807) is 7.11 Å². The molecule has 4 aromatic heterocycles. The van der Waals surface area contributed by atoms with Crippen LogP contribution in [0.1, 0.15) is 67.9 Å². The first kappa shape index (κ1) is 26.4. The van der Waals surface area contributed by atoms with Gasteiger partial charge in [0.1, 0.15) is 22.8 Å². The first-order chi connectivity index (χ1) is 20.4. The van der Waals surface area contributed by atoms with E-state index in [-0.39, 0.29) is 24.0 Å². The third-order valence-corrected chi connectivity index (χ3v) is 11.2. The van der Waals surface area contributed by atoms with Gasteiger partial charge < -0.3 is 19.9 Å². The van der Waals surface area contributed by atoms with Gasteiger partial charge in [-0.1, -0.05) is 0 Å². The number of imidazole rings is 1. The minimum Gasteiger partial charge on any atom is -0.482 e. The molecule has 2 N–H and O–H groups in total. The Morgan fingerprint density at radius 3 is 2.69 bits per heavy atom. The van der Waals surface area contributed by atoms with Crippen LogP contribution in [0, 0.1) is 12.8 Å². The summed E-state index contributed by atoms with van der Waals surface area (Å²) in [6, 6.07) is 11.3. The summed E-state index contributed by atoms with van der Waals surface area (Å²) in [6.45, 7) is 5.31. The molecule has 4 aliphatic rings. The molecule has 1 aliphatic carbocycles. The van der Waals surface area contributed by atoms with Crippen LogP contribution in [0.2, 0.25) is 0 Å². The van der Waals surface area contributed by atoms with Crippen LogP contribution >= 0.6 is 11.9 Å². The van der Waals surface area contributed by atoms with Gasteiger partial charge >= 0.3 is 0 Å². The number of amides is 1. The van der Waals surface area contributed by atoms with Gasteiger partial charge in [-0.3, -0.25) is 13.5 Å². The molecule has 9 nitrogen and oxygen atoms in total. The highest BCUT2D eigenvalue weighted by molar-refractivity contribution is 8.00. The van der Waals surface area contributed by atoms with E-state index in [0.717, 1.165) is 71.1 Å². The monoisotopic (exact) mass is 585 g/mol. The maximum Gasteiger partial charge on any atom is 0.254 e. The molecule has 42 heavy (non-hydrogen) atoms. The summed E-state index contributed by atoms with van der Waals surface area (Å²) in [5, 5.41) is 1.13. The van der Waals surface area contributed by atoms with Crippen LogP contribution < -0.4 is 14.8 Å². The highest BCUT2D eigenvalue weighted by Gasteiger charge is 2.47. The van der Waals surface area contributed by atoms with E-state index in [9.17, 15) is 4.79 Å². The number of nitrogens with zero attached hydrogens (tertiary/aromatic N) is 6. The molecule has 10 heteroatoms. The fraction of sp³-hybridized carbons (Fsp3) is 0.531. The van der Waals surface area contributed by atoms with Crippen molar-refractivity contribution in [3.05, 3.63) is 41.6 Å². The van der Waals surface area contributed by atoms with E-state index in [0.29, 0.717) is 23.4 Å². The van der Waals surface area contributed by atoms with E-state index in [4.69, 9.17) is 20.4 Å². The maximum atomic E-state index is 13.8. The van der Waals surface area contributed by atoms with Crippen LogP contribution in [-0.4, -0.2) is 66.8 Å². The van der Waals surface area contributed by atoms with Crippen LogP contribution in [0.5, 0.6) is 5.88 Å². The Kier molecular flexibility index (Phi) is 6.23. The normalized spacial score (nSPS) is 25.7. The lowest BCUT2D eigenvalue weighted by atomic mass is 9.97. The smallest absolute Gasteiger partial charge is 0.254 e. The third-order valence-electron chi connectivity index (χ3n) is 9.93. The van der Waals surface area contributed by atoms with Crippen LogP contribution in [0.25, 0.3) is 28.1 Å². The molecule has 0 spiro atoms. The van der Waals surface area contributed by atoms with Crippen molar-refractivity contribution < 1.29 is 9.53 Å². The van der Waals surface area contributed by atoms with E-state index >= 15 is 0 Å². The van der Waals surface area contributed by atoms with Gasteiger partial charge in [-0.15, -0.1) is 0 Å². The van der Waals surface area contributed by atoms with Crippen molar-refractivity contribution in [1.82, 2.24) is 23.8 Å². The molecule has 3 saturated heterocycles. The van der Waals surface area contributed by atoms with Gasteiger partial charge in [-0.05, 0) is 101 Å². The fourth-order valence-corrected chi connectivity index (χ4v) is 8.64. The lowest BCUT2D eigenvalue weighted by Gasteiger charge is -2.32. The Labute approximate surface area is 250 Å². The molecule has 220 valence electrons. The summed E-state index contributed by atoms with van der Waals surface area (Å²) in [4.78, 5) is 26.2. The molecule has 8 rings (SSSR count). The standard InChI is InChI=1S/C32H39N7O2S/c1-18-5-4-12-42-39(18)27-11-8-21-13-26(36(31(21)35-27)17-20-6-7-20)30-19(2)37-28(34-30)14-22(15-29(37)41-3)32(40)38-23-9-10-25(38)24(33)16-23/h8,11,13-15,18,20,23-25H,4-7,9-10,12,16-17,33H2,1-3H3. The number of carbonyl (C=O) groups is 1. The second-order valence-electron chi connectivity index (χ2n) is 12.8. The van der Waals surface area contributed by atoms with Crippen LogP contribution in [0.15, 0.2) is 30.3 Å². The molecule has 0 radical (unpaired) electrons. The van der Waals surface area contributed by atoms with Crippen molar-refractivity contribution >= 4 is 40.4 Å². The zero-order valence-electron chi connectivity index (χ0n) is 24.6. The van der Waals surface area contributed by atoms with Crippen molar-refractivity contribution in [1.29, 1.82) is 0 Å². The fourth-order valence-electron chi connectivity index (χ4n) is 7.55. The molecular formula is C32H39N7O2S. The molecule has 3 aliphatic heterocycles. The highest BCUT2D eigenvalue weighted by atomic mass is 32.2. The van der Waals surface area contributed by atoms with Crippen molar-refractivity contribution in [2.24, 2.45) is 11.7 Å². The molecule has 1 saturated carbocycles. The zero-order chi connectivity index (χ0) is 28.7. The van der Waals surface area contributed by atoms with E-state index in [1.165, 1.54) is 25.7 Å². The first-order valence-electron chi connectivity index (χ1n) is 15.5. The number of carbonyl (C=O) groups excluding carboxylic acids is 1. The number of hydrogen-bond donors (Lipinski definition) is 1. The number of aromatic nitrogens is 4. The second kappa shape index (κ2) is 9.91. The van der Waals surface area contributed by atoms with Gasteiger partial charge in [0, 0.05) is 53.5 Å². The third kappa shape index (κ3) is 4.12. The number of nitrogens with two attached hydrogens (primary N) is 1. The van der Waals surface area contributed by atoms with Gasteiger partial charge in [-0.2, -0.15) is 0 Å². The summed E-state index contributed by atoms with van der Waals surface area (Å²) in [6.07, 6.45) is 7.86. The average Bonchev–Trinajstić information content (AvgIpc) is 3.32. The maximum absolute atomic E-state index is 13.8. The average molecular weight is 586 g/mol. The number of hydrogen-bond acceptors (Lipinski definition) is 7. The first-order valence-corrected chi connectivity index (χ1v) is 16.4. The molecule has 4 aromatic rings. The van der Waals surface area contributed by atoms with Gasteiger partial charge in [-0.25, -0.2) is 9.97 Å². The Morgan fingerprint density at radius 2 is 1.98 bits per heavy atom. The minimum atomic E-state index is 0.0304. The number of aryl methyl sites for hydroxylation is 1. The van der Waals surface area contributed by atoms with Crippen LogP contribution in [0.3, 0.4) is 0 Å². The second-order valence-corrected chi connectivity index (χ2v) is 13.8. The van der Waals surface area contributed by atoms with Gasteiger partial charge in [0.05, 0.1) is 18.5 Å². The largest absolute Gasteiger partial charge is 0.482 e. The van der Waals surface area contributed by atoms with Crippen molar-refractivity contribution in [3.63, 3.8) is 0 Å². The van der Waals surface area contributed by atoms with Crippen molar-refractivity contribution in [2.75, 3.05) is 17.2 Å². The topological polar surface area (TPSA) is 93.9 Å². The summed E-state index contributed by atoms with van der Waals surface area (Å²) >= 11 is 1.89. The zero-order valence-corrected chi connectivity index (χ0v) is 25.4. The molecule has 4 atom stereocenters. The molecule has 4 unspecified atom stereocenters. The van der Waals surface area contributed by atoms with Crippen molar-refractivity contribution in [2.45, 2.75) is 89.5 Å². The minimum absolute atomic E-state index is 0.0304. The predicted octanol–water partition coefficient (Wildman–Crippen LogP) is 5.42. The summed E-state index contributed by atoms with van der Waals surface area (Å²) in [5.41, 5.74) is 11.7. The lowest BCUT2D eigenvalue weighted by Crippen LogP contribution is -2.40. The molecule has 7 heterocycles. The molecule has 4 fully saturated rings. The van der Waals surface area contributed by atoms with E-state index < -0.39 is 0 Å². The summed E-state index contributed by atoms with van der Waals surface area (Å²) < 4.78 is 12.7. The molecular weight excluding hydrogens is 546 g/mol. The number of pyridine rings is 2. The number of ether oxygens (including phenoxy) is 1. The predicted molar refractivity (Wildman–Crippen MR) is 167 cm³/mol. The lowest BCUT2D eigenvalue weighted by molar-refractivity contribution is 0.0726. The quantitative estimate of drug-likeness (QED) is 0.302. The van der Waals surface area contributed by atoms with Crippen LogP contribution in [-0.2, 0) is 6.54 Å². The molecule has 0 aromatic carbocycles. The van der Waals surface area contributed by atoms with Crippen LogP contribution in [0.4, 0.5) is 5.82 Å². The van der Waals surface area contributed by atoms with Gasteiger partial charge in [0.15, 0.2) is 5.88 Å². The molecule has 1 amide bonds. The number of anilines is 1. The summed E-state index contributed by atoms with van der Waals surface area (Å²) in [7, 11) is 1.66. The van der Waals surface area contributed by atoms with Gasteiger partial charge in [0.25, 0.3) is 5.91 Å². The number of methoxy groups -OCH3 is 1. The number of rotatable bonds is 6. The van der Waals surface area contributed by atoms with E-state index in [1.807, 2.05) is 33.4 Å². The number of fused-ring (bicyclic) bond motifs is 4. The molecule has 2 bridgehead atoms. The Bertz CT molecular complexity index is 1710. The summed E-state index contributed by atoms with van der Waals surface area (Å²) in [5.74, 6) is 3.49. The Morgan fingerprint density at radius 1 is 1.12 bits per heavy atom.